The molecule has 2 aliphatic rings. The Hall–Kier alpha value is -1.55. The number of para-hydroxylation sites is 1. The summed E-state index contributed by atoms with van der Waals surface area (Å²) in [4.78, 5) is 11.6. The van der Waals surface area contributed by atoms with Crippen molar-refractivity contribution in [1.29, 1.82) is 0 Å². The van der Waals surface area contributed by atoms with Crippen LogP contribution in [0.4, 0.5) is 10.5 Å². The highest BCUT2D eigenvalue weighted by Gasteiger charge is 2.44. The smallest absolute Gasteiger partial charge is 0.412 e. The van der Waals surface area contributed by atoms with E-state index in [1.165, 1.54) is 0 Å². The lowest BCUT2D eigenvalue weighted by Crippen LogP contribution is -2.41. The first-order valence-corrected chi connectivity index (χ1v) is 5.52. The second-order valence-corrected chi connectivity index (χ2v) is 4.43. The van der Waals surface area contributed by atoms with Crippen LogP contribution in [0, 0.1) is 6.92 Å². The summed E-state index contributed by atoms with van der Waals surface area (Å²) in [7, 11) is 0. The van der Waals surface area contributed by atoms with Crippen molar-refractivity contribution in [2.75, 3.05) is 18.4 Å². The lowest BCUT2D eigenvalue weighted by molar-refractivity contribution is 0.0277. The minimum Gasteiger partial charge on any atom is -0.436 e. The van der Waals surface area contributed by atoms with E-state index in [-0.39, 0.29) is 6.09 Å². The van der Waals surface area contributed by atoms with Crippen LogP contribution in [-0.4, -0.2) is 19.2 Å². The Kier molecular flexibility index (Phi) is 1.94. The minimum atomic E-state index is -0.455. The number of fused-ring (bicyclic) bond motifs is 2. The molecule has 3 rings (SSSR count). The van der Waals surface area contributed by atoms with E-state index >= 15 is 0 Å². The Labute approximate surface area is 94.0 Å². The highest BCUT2D eigenvalue weighted by Crippen LogP contribution is 2.41. The standard InChI is InChI=1S/C12H14N2O2/c1-8-3-2-4-9-10(8)14-11(15)16-12(9)5-6-13-7-12/h2-4,13H,5-7H2,1H3,(H,14,15). The summed E-state index contributed by atoms with van der Waals surface area (Å²) >= 11 is 0. The Balaban J connectivity index is 2.18. The predicted molar refractivity (Wildman–Crippen MR) is 60.4 cm³/mol. The first-order chi connectivity index (χ1) is 7.71. The fraction of sp³-hybridized carbons (Fsp3) is 0.417. The van der Waals surface area contributed by atoms with Crippen LogP contribution in [0.25, 0.3) is 0 Å². The van der Waals surface area contributed by atoms with Crippen LogP contribution in [0.2, 0.25) is 0 Å². The highest BCUT2D eigenvalue weighted by molar-refractivity contribution is 5.90. The van der Waals surface area contributed by atoms with Gasteiger partial charge in [0, 0.05) is 18.5 Å². The van der Waals surface area contributed by atoms with Gasteiger partial charge in [-0.3, -0.25) is 5.32 Å². The average Bonchev–Trinajstić information content (AvgIpc) is 2.69. The van der Waals surface area contributed by atoms with E-state index in [9.17, 15) is 4.79 Å². The molecule has 1 spiro atoms. The molecule has 4 heteroatoms. The van der Waals surface area contributed by atoms with Gasteiger partial charge in [0.1, 0.15) is 0 Å². The molecule has 0 aliphatic carbocycles. The summed E-state index contributed by atoms with van der Waals surface area (Å²) in [5.41, 5.74) is 2.64. The molecule has 1 aromatic rings. The highest BCUT2D eigenvalue weighted by atomic mass is 16.6. The lowest BCUT2D eigenvalue weighted by atomic mass is 9.88. The Morgan fingerprint density at radius 3 is 3.06 bits per heavy atom. The molecule has 1 fully saturated rings. The molecule has 0 saturated carbocycles. The van der Waals surface area contributed by atoms with Crippen molar-refractivity contribution in [2.24, 2.45) is 0 Å². The number of carbonyl (C=O) groups is 1. The van der Waals surface area contributed by atoms with E-state index in [0.29, 0.717) is 6.54 Å². The minimum absolute atomic E-state index is 0.342. The second-order valence-electron chi connectivity index (χ2n) is 4.43. The van der Waals surface area contributed by atoms with Gasteiger partial charge in [0.25, 0.3) is 0 Å². The van der Waals surface area contributed by atoms with Gasteiger partial charge in [-0.05, 0) is 19.0 Å². The third-order valence-electron chi connectivity index (χ3n) is 3.39. The number of hydrogen-bond donors (Lipinski definition) is 2. The molecule has 4 nitrogen and oxygen atoms in total. The molecule has 0 bridgehead atoms. The van der Waals surface area contributed by atoms with Gasteiger partial charge in [0.15, 0.2) is 5.60 Å². The van der Waals surface area contributed by atoms with Crippen LogP contribution in [0.5, 0.6) is 0 Å². The van der Waals surface area contributed by atoms with Gasteiger partial charge < -0.3 is 10.1 Å². The van der Waals surface area contributed by atoms with Crippen LogP contribution in [0.1, 0.15) is 17.5 Å². The van der Waals surface area contributed by atoms with Gasteiger partial charge in [-0.25, -0.2) is 4.79 Å². The monoisotopic (exact) mass is 218 g/mol. The molecule has 1 aromatic carbocycles. The topological polar surface area (TPSA) is 50.4 Å². The molecular weight excluding hydrogens is 204 g/mol. The van der Waals surface area contributed by atoms with E-state index in [0.717, 1.165) is 29.8 Å². The summed E-state index contributed by atoms with van der Waals surface area (Å²) in [6, 6.07) is 6.05. The Morgan fingerprint density at radius 2 is 2.31 bits per heavy atom. The summed E-state index contributed by atoms with van der Waals surface area (Å²) in [5, 5.41) is 6.05. The fourth-order valence-electron chi connectivity index (χ4n) is 2.56. The molecule has 16 heavy (non-hydrogen) atoms. The lowest BCUT2D eigenvalue weighted by Gasteiger charge is -2.35. The van der Waals surface area contributed by atoms with E-state index in [1.54, 1.807) is 0 Å². The number of benzene rings is 1. The first kappa shape index (κ1) is 9.66. The maximum Gasteiger partial charge on any atom is 0.412 e. The maximum absolute atomic E-state index is 11.6. The number of rotatable bonds is 0. The molecule has 1 unspecified atom stereocenters. The third-order valence-corrected chi connectivity index (χ3v) is 3.39. The average molecular weight is 218 g/mol. The molecule has 1 amide bonds. The third kappa shape index (κ3) is 1.23. The largest absolute Gasteiger partial charge is 0.436 e. The summed E-state index contributed by atoms with van der Waals surface area (Å²) < 4.78 is 5.50. The van der Waals surface area contributed by atoms with Gasteiger partial charge in [-0.15, -0.1) is 0 Å². The van der Waals surface area contributed by atoms with E-state index in [1.807, 2.05) is 25.1 Å². The second kappa shape index (κ2) is 3.22. The van der Waals surface area contributed by atoms with E-state index in [2.05, 4.69) is 10.6 Å². The predicted octanol–water partition coefficient (Wildman–Crippen LogP) is 1.75. The molecule has 84 valence electrons. The van der Waals surface area contributed by atoms with E-state index < -0.39 is 5.60 Å². The molecule has 2 aliphatic heterocycles. The molecule has 2 heterocycles. The molecule has 2 N–H and O–H groups in total. The molecule has 1 atom stereocenters. The van der Waals surface area contributed by atoms with Crippen LogP contribution in [0.15, 0.2) is 18.2 Å². The van der Waals surface area contributed by atoms with Crippen LogP contribution < -0.4 is 10.6 Å². The van der Waals surface area contributed by atoms with Crippen LogP contribution >= 0.6 is 0 Å². The fourth-order valence-corrected chi connectivity index (χ4v) is 2.56. The summed E-state index contributed by atoms with van der Waals surface area (Å²) in [5.74, 6) is 0. The molecular formula is C12H14N2O2. The summed E-state index contributed by atoms with van der Waals surface area (Å²) in [6.07, 6.45) is 0.502. The van der Waals surface area contributed by atoms with Gasteiger partial charge in [-0.1, -0.05) is 18.2 Å². The van der Waals surface area contributed by atoms with Crippen molar-refractivity contribution in [3.05, 3.63) is 29.3 Å². The van der Waals surface area contributed by atoms with Gasteiger partial charge in [0.05, 0.1) is 5.69 Å². The number of ether oxygens (including phenoxy) is 1. The molecule has 1 saturated heterocycles. The quantitative estimate of drug-likeness (QED) is 0.697. The van der Waals surface area contributed by atoms with Gasteiger partial charge in [0.2, 0.25) is 0 Å². The van der Waals surface area contributed by atoms with Gasteiger partial charge in [-0.2, -0.15) is 0 Å². The van der Waals surface area contributed by atoms with Crippen molar-refractivity contribution in [2.45, 2.75) is 18.9 Å². The number of nitrogens with one attached hydrogen (secondary N) is 2. The molecule has 0 aromatic heterocycles. The zero-order valence-corrected chi connectivity index (χ0v) is 9.17. The number of amides is 1. The van der Waals surface area contributed by atoms with Crippen molar-refractivity contribution in [3.63, 3.8) is 0 Å². The van der Waals surface area contributed by atoms with E-state index in [4.69, 9.17) is 4.74 Å². The van der Waals surface area contributed by atoms with Crippen molar-refractivity contribution >= 4 is 11.8 Å². The van der Waals surface area contributed by atoms with Crippen LogP contribution in [0.3, 0.4) is 0 Å². The molecule has 0 radical (unpaired) electrons. The first-order valence-electron chi connectivity index (χ1n) is 5.52. The number of carbonyl (C=O) groups excluding carboxylic acids is 1. The Morgan fingerprint density at radius 1 is 1.44 bits per heavy atom. The van der Waals surface area contributed by atoms with Crippen LogP contribution in [-0.2, 0) is 10.3 Å². The maximum atomic E-state index is 11.6. The SMILES string of the molecule is Cc1cccc2c1NC(=O)OC21CCNC1. The normalized spacial score (nSPS) is 27.4. The van der Waals surface area contributed by atoms with Crippen molar-refractivity contribution < 1.29 is 9.53 Å². The van der Waals surface area contributed by atoms with Crippen molar-refractivity contribution in [3.8, 4) is 0 Å². The number of aryl methyl sites for hydroxylation is 1. The zero-order chi connectivity index (χ0) is 11.2. The van der Waals surface area contributed by atoms with Crippen molar-refractivity contribution in [1.82, 2.24) is 5.32 Å². The Bertz CT molecular complexity index is 450. The van der Waals surface area contributed by atoms with Gasteiger partial charge >= 0.3 is 6.09 Å². The number of anilines is 1. The summed E-state index contributed by atoms with van der Waals surface area (Å²) in [6.45, 7) is 3.60. The zero-order valence-electron chi connectivity index (χ0n) is 9.17. The number of hydrogen-bond acceptors (Lipinski definition) is 3.